The highest BCUT2D eigenvalue weighted by atomic mass is 32.2. The van der Waals surface area contributed by atoms with Crippen LogP contribution in [0.5, 0.6) is 0 Å². The van der Waals surface area contributed by atoms with E-state index in [1.807, 2.05) is 54.2 Å². The molecule has 67 heavy (non-hydrogen) atoms. The topological polar surface area (TPSA) is 40.1 Å². The summed E-state index contributed by atoms with van der Waals surface area (Å²) < 4.78 is 28.1. The Balaban J connectivity index is 1.01. The molecule has 1 spiro atoms. The van der Waals surface area contributed by atoms with Gasteiger partial charge in [-0.25, -0.2) is 0 Å². The average Bonchev–Trinajstić information content (AvgIpc) is 4.04. The van der Waals surface area contributed by atoms with Crippen molar-refractivity contribution in [2.45, 2.75) is 15.2 Å². The molecule has 15 rings (SSSR count). The summed E-state index contributed by atoms with van der Waals surface area (Å²) in [5.74, 6) is 0. The molecule has 0 bridgehead atoms. The molecule has 0 fully saturated rings. The van der Waals surface area contributed by atoms with Crippen LogP contribution in [-0.4, -0.2) is 9.13 Å². The van der Waals surface area contributed by atoms with Crippen molar-refractivity contribution in [2.24, 2.45) is 0 Å². The van der Waals surface area contributed by atoms with Gasteiger partial charge in [0.05, 0.1) is 27.5 Å². The van der Waals surface area contributed by atoms with Crippen LogP contribution in [0.1, 0.15) is 22.3 Å². The Bertz CT molecular complexity index is 4260. The number of hydrogen-bond acceptors (Lipinski definition) is 3. The van der Waals surface area contributed by atoms with Crippen LogP contribution < -0.4 is 15.9 Å². The van der Waals surface area contributed by atoms with Gasteiger partial charge in [0.1, 0.15) is 11.2 Å². The number of fused-ring (bicyclic) bond motifs is 17. The van der Waals surface area contributed by atoms with E-state index in [2.05, 4.69) is 191 Å². The SMILES string of the molecule is O=P1(c2ccccc2)c2ccccc2C2(c3ccccc3Sc3cc(-n4c5ccccc5c5cc(-n6c7ccccc7c7ccccc76)ccc54)ccc32)c2cc3c(cc21)oc1ccccc13. The Morgan fingerprint density at radius 1 is 0.373 bits per heavy atom. The molecule has 4 nitrogen and oxygen atoms in total. The molecule has 0 saturated carbocycles. The van der Waals surface area contributed by atoms with Crippen molar-refractivity contribution >= 4 is 100 Å². The number of furan rings is 1. The number of para-hydroxylation sites is 4. The lowest BCUT2D eigenvalue weighted by atomic mass is 9.64. The molecule has 0 saturated heterocycles. The summed E-state index contributed by atoms with van der Waals surface area (Å²) in [6.07, 6.45) is 0. The highest BCUT2D eigenvalue weighted by molar-refractivity contribution is 7.99. The summed E-state index contributed by atoms with van der Waals surface area (Å²) in [5.41, 5.74) is 12.1. The van der Waals surface area contributed by atoms with Crippen molar-refractivity contribution in [3.8, 4) is 11.4 Å². The zero-order valence-corrected chi connectivity index (χ0v) is 37.6. The Labute approximate surface area is 389 Å². The lowest BCUT2D eigenvalue weighted by molar-refractivity contribution is 0.589. The van der Waals surface area contributed by atoms with Crippen LogP contribution >= 0.6 is 18.9 Å². The van der Waals surface area contributed by atoms with Gasteiger partial charge >= 0.3 is 0 Å². The number of benzene rings is 10. The van der Waals surface area contributed by atoms with E-state index in [-0.39, 0.29) is 0 Å². The van der Waals surface area contributed by atoms with E-state index in [4.69, 9.17) is 4.42 Å². The van der Waals surface area contributed by atoms with E-state index >= 15 is 4.57 Å². The first kappa shape index (κ1) is 37.4. The zero-order valence-electron chi connectivity index (χ0n) is 35.9. The Morgan fingerprint density at radius 3 is 1.67 bits per heavy atom. The second-order valence-corrected chi connectivity index (χ2v) is 21.7. The van der Waals surface area contributed by atoms with Crippen LogP contribution in [0.2, 0.25) is 0 Å². The van der Waals surface area contributed by atoms with Crippen molar-refractivity contribution in [3.05, 3.63) is 247 Å². The molecular weight excluding hydrogens is 856 g/mol. The summed E-state index contributed by atoms with van der Waals surface area (Å²) in [7, 11) is -3.44. The van der Waals surface area contributed by atoms with E-state index in [0.29, 0.717) is 0 Å². The molecule has 0 radical (unpaired) electrons. The van der Waals surface area contributed by atoms with E-state index in [1.54, 1.807) is 0 Å². The lowest BCUT2D eigenvalue weighted by Crippen LogP contribution is -2.48. The van der Waals surface area contributed by atoms with Gasteiger partial charge < -0.3 is 18.1 Å². The maximum atomic E-state index is 16.6. The van der Waals surface area contributed by atoms with Crippen LogP contribution in [0.25, 0.3) is 76.9 Å². The second-order valence-electron chi connectivity index (χ2n) is 17.9. The molecule has 10 aromatic carbocycles. The van der Waals surface area contributed by atoms with Crippen molar-refractivity contribution in [1.82, 2.24) is 9.13 Å². The number of hydrogen-bond donors (Lipinski definition) is 0. The van der Waals surface area contributed by atoms with Gasteiger partial charge in [-0.1, -0.05) is 163 Å². The summed E-state index contributed by atoms with van der Waals surface area (Å²) in [5, 5.41) is 9.47. The number of nitrogens with zero attached hydrogens (tertiary/aromatic N) is 2. The van der Waals surface area contributed by atoms with Gasteiger partial charge in [0.25, 0.3) is 0 Å². The monoisotopic (exact) mass is 892 g/mol. The van der Waals surface area contributed by atoms with Crippen molar-refractivity contribution in [3.63, 3.8) is 0 Å². The molecule has 13 aromatic rings. The smallest absolute Gasteiger partial charge is 0.171 e. The van der Waals surface area contributed by atoms with Gasteiger partial charge in [0, 0.05) is 69.4 Å². The molecule has 0 amide bonds. The van der Waals surface area contributed by atoms with Crippen LogP contribution in [0.4, 0.5) is 0 Å². The van der Waals surface area contributed by atoms with Crippen LogP contribution in [0, 0.1) is 0 Å². The lowest BCUT2D eigenvalue weighted by Gasteiger charge is -2.47. The third-order valence-electron chi connectivity index (χ3n) is 14.6. The summed E-state index contributed by atoms with van der Waals surface area (Å²) in [6, 6.07) is 80.3. The molecule has 0 aliphatic carbocycles. The van der Waals surface area contributed by atoms with Gasteiger partial charge in [0.2, 0.25) is 0 Å². The molecule has 2 aliphatic rings. The zero-order chi connectivity index (χ0) is 44.0. The van der Waals surface area contributed by atoms with Crippen LogP contribution in [-0.2, 0) is 9.98 Å². The molecule has 0 N–H and O–H groups in total. The Kier molecular flexibility index (Phi) is 7.60. The quantitative estimate of drug-likeness (QED) is 0.166. The second kappa shape index (κ2) is 13.6. The fourth-order valence-corrected chi connectivity index (χ4v) is 16.3. The first-order valence-electron chi connectivity index (χ1n) is 22.8. The first-order chi connectivity index (χ1) is 33.1. The highest BCUT2D eigenvalue weighted by Crippen LogP contribution is 2.62. The van der Waals surface area contributed by atoms with Crippen LogP contribution in [0.15, 0.2) is 239 Å². The first-order valence-corrected chi connectivity index (χ1v) is 25.3. The fraction of sp³-hybridized carbons (Fsp3) is 0.0164. The molecule has 2 atom stereocenters. The van der Waals surface area contributed by atoms with Crippen molar-refractivity contribution < 1.29 is 8.98 Å². The highest BCUT2D eigenvalue weighted by Gasteiger charge is 2.54. The van der Waals surface area contributed by atoms with Gasteiger partial charge in [-0.2, -0.15) is 0 Å². The minimum absolute atomic E-state index is 0.743. The standard InChI is InChI=1S/C61H37N2O2PS/c64-66(40-16-2-1-3-17-40)57-28-14-8-22-47(57)61(50-36-46-44-21-7-13-27-55(44)65-56(46)37-58(50)66)48-23-9-15-29-59(48)67-60-35-39(30-32-49(60)61)63-53-26-12-6-20-43(53)45-34-38(31-33-54(45)63)62-51-24-10-4-18-41(51)42-19-5-11-25-52(42)62/h1-37H. The predicted octanol–water partition coefficient (Wildman–Crippen LogP) is 14.6. The maximum Gasteiger partial charge on any atom is 0.171 e. The van der Waals surface area contributed by atoms with Gasteiger partial charge in [-0.05, 0) is 95.1 Å². The summed E-state index contributed by atoms with van der Waals surface area (Å²) >= 11 is 1.82. The van der Waals surface area contributed by atoms with E-state index in [0.717, 1.165) is 71.4 Å². The van der Waals surface area contributed by atoms with E-state index in [9.17, 15) is 0 Å². The number of rotatable bonds is 3. The largest absolute Gasteiger partial charge is 0.456 e. The third-order valence-corrected chi connectivity index (χ3v) is 18.9. The van der Waals surface area contributed by atoms with Gasteiger partial charge in [-0.3, -0.25) is 0 Å². The van der Waals surface area contributed by atoms with E-state index < -0.39 is 12.6 Å². The normalized spacial score (nSPS) is 17.4. The molecule has 5 heterocycles. The maximum absolute atomic E-state index is 16.6. The number of aromatic nitrogens is 2. The van der Waals surface area contributed by atoms with Crippen molar-refractivity contribution in [1.29, 1.82) is 0 Å². The Hall–Kier alpha value is -7.82. The van der Waals surface area contributed by atoms with Gasteiger partial charge in [-0.15, -0.1) is 0 Å². The third kappa shape index (κ3) is 4.87. The van der Waals surface area contributed by atoms with Crippen molar-refractivity contribution in [2.75, 3.05) is 0 Å². The summed E-state index contributed by atoms with van der Waals surface area (Å²) in [4.78, 5) is 2.35. The summed E-state index contributed by atoms with van der Waals surface area (Å²) in [6.45, 7) is 0. The minimum Gasteiger partial charge on any atom is -0.456 e. The van der Waals surface area contributed by atoms with Crippen LogP contribution in [0.3, 0.4) is 0 Å². The Morgan fingerprint density at radius 2 is 0.925 bits per heavy atom. The predicted molar refractivity (Wildman–Crippen MR) is 278 cm³/mol. The average molecular weight is 893 g/mol. The van der Waals surface area contributed by atoms with Gasteiger partial charge in [0.15, 0.2) is 7.14 Å². The molecular formula is C61H37N2O2PS. The minimum atomic E-state index is -3.44. The molecule has 3 aromatic heterocycles. The molecule has 2 unspecified atom stereocenters. The molecule has 314 valence electrons. The fourth-order valence-electron chi connectivity index (χ4n) is 11.9. The molecule has 6 heteroatoms. The molecule has 2 aliphatic heterocycles. The van der Waals surface area contributed by atoms with E-state index in [1.165, 1.54) is 53.5 Å².